The van der Waals surface area contributed by atoms with Crippen LogP contribution < -0.4 is 0 Å². The Hall–Kier alpha value is -2.90. The smallest absolute Gasteiger partial charge is 0.338 e. The number of carbonyl (C=O) groups is 3. The Labute approximate surface area is 205 Å². The Morgan fingerprint density at radius 1 is 0.853 bits per heavy atom. The standard InChI is InChI=1S/C26H29NO6.ClH/c28-20-10-8-9-18-22(20)25(31)23-19(24(18)30)15-17(16-21(23)29)26(32)33-14-7-2-1-4-11-27-12-5-3-6-13-27;/h8-10,15-16,28-29H,1-7,11-14H2;1H. The maximum atomic E-state index is 12.9. The summed E-state index contributed by atoms with van der Waals surface area (Å²) >= 11 is 0. The number of unbranched alkanes of at least 4 members (excludes halogenated alkanes) is 3. The molecule has 1 aliphatic heterocycles. The van der Waals surface area contributed by atoms with E-state index in [1.54, 1.807) is 0 Å². The molecule has 8 heteroatoms. The predicted molar refractivity (Wildman–Crippen MR) is 129 cm³/mol. The van der Waals surface area contributed by atoms with Crippen LogP contribution in [0.2, 0.25) is 0 Å². The van der Waals surface area contributed by atoms with Crippen LogP contribution in [0, 0.1) is 0 Å². The van der Waals surface area contributed by atoms with E-state index < -0.39 is 23.3 Å². The second kappa shape index (κ2) is 11.5. The van der Waals surface area contributed by atoms with Crippen molar-refractivity contribution in [2.75, 3.05) is 26.2 Å². The highest BCUT2D eigenvalue weighted by atomic mass is 35.5. The van der Waals surface area contributed by atoms with Crippen LogP contribution in [0.5, 0.6) is 11.5 Å². The summed E-state index contributed by atoms with van der Waals surface area (Å²) in [5, 5.41) is 20.4. The molecular formula is C26H30ClNO6. The van der Waals surface area contributed by atoms with Crippen LogP contribution in [-0.4, -0.2) is 58.9 Å². The third-order valence-corrected chi connectivity index (χ3v) is 6.39. The summed E-state index contributed by atoms with van der Waals surface area (Å²) in [6, 6.07) is 6.63. The van der Waals surface area contributed by atoms with E-state index in [4.69, 9.17) is 4.74 Å². The minimum Gasteiger partial charge on any atom is -0.507 e. The quantitative estimate of drug-likeness (QED) is 0.356. The molecule has 2 aliphatic rings. The average Bonchev–Trinajstić information content (AvgIpc) is 2.81. The number of halogens is 1. The number of aromatic hydroxyl groups is 2. The molecule has 0 atom stereocenters. The first-order valence-electron chi connectivity index (χ1n) is 11.6. The summed E-state index contributed by atoms with van der Waals surface area (Å²) in [7, 11) is 0. The lowest BCUT2D eigenvalue weighted by atomic mass is 9.82. The summed E-state index contributed by atoms with van der Waals surface area (Å²) in [6.45, 7) is 3.78. The fourth-order valence-electron chi connectivity index (χ4n) is 4.62. The molecular weight excluding hydrogens is 458 g/mol. The van der Waals surface area contributed by atoms with Crippen molar-refractivity contribution in [3.8, 4) is 11.5 Å². The molecule has 0 amide bonds. The van der Waals surface area contributed by atoms with E-state index in [1.165, 1.54) is 56.6 Å². The number of ketones is 2. The molecule has 1 fully saturated rings. The van der Waals surface area contributed by atoms with E-state index >= 15 is 0 Å². The first-order valence-corrected chi connectivity index (χ1v) is 11.6. The Kier molecular flexibility index (Phi) is 8.69. The lowest BCUT2D eigenvalue weighted by Crippen LogP contribution is -2.30. The highest BCUT2D eigenvalue weighted by Gasteiger charge is 2.35. The van der Waals surface area contributed by atoms with E-state index in [1.807, 2.05) is 0 Å². The molecule has 182 valence electrons. The van der Waals surface area contributed by atoms with Gasteiger partial charge in [-0.05, 0) is 63.5 Å². The average molecular weight is 488 g/mol. The van der Waals surface area contributed by atoms with Gasteiger partial charge >= 0.3 is 5.97 Å². The van der Waals surface area contributed by atoms with Gasteiger partial charge in [0, 0.05) is 11.1 Å². The van der Waals surface area contributed by atoms with E-state index in [2.05, 4.69) is 4.90 Å². The molecule has 1 heterocycles. The van der Waals surface area contributed by atoms with E-state index in [0.29, 0.717) is 0 Å². The van der Waals surface area contributed by atoms with Crippen LogP contribution in [0.3, 0.4) is 0 Å². The van der Waals surface area contributed by atoms with Crippen molar-refractivity contribution in [1.29, 1.82) is 0 Å². The van der Waals surface area contributed by atoms with E-state index in [-0.39, 0.29) is 52.6 Å². The number of hydrogen-bond acceptors (Lipinski definition) is 7. The van der Waals surface area contributed by atoms with Gasteiger partial charge < -0.3 is 19.8 Å². The number of benzene rings is 2. The number of nitrogens with zero attached hydrogens (tertiary/aromatic N) is 1. The van der Waals surface area contributed by atoms with Crippen LogP contribution in [0.25, 0.3) is 0 Å². The molecule has 34 heavy (non-hydrogen) atoms. The zero-order valence-electron chi connectivity index (χ0n) is 19.0. The van der Waals surface area contributed by atoms with Crippen molar-refractivity contribution in [2.45, 2.75) is 44.9 Å². The lowest BCUT2D eigenvalue weighted by molar-refractivity contribution is 0.0496. The first-order chi connectivity index (χ1) is 16.0. The molecule has 2 aromatic rings. The molecule has 7 nitrogen and oxygen atoms in total. The van der Waals surface area contributed by atoms with Gasteiger partial charge in [0.25, 0.3) is 0 Å². The highest BCUT2D eigenvalue weighted by molar-refractivity contribution is 6.30. The number of phenolic OH excluding ortho intramolecular Hbond substituents is 2. The Balaban J connectivity index is 0.00000324. The van der Waals surface area contributed by atoms with Crippen molar-refractivity contribution < 1.29 is 29.3 Å². The van der Waals surface area contributed by atoms with Crippen molar-refractivity contribution >= 4 is 29.9 Å². The van der Waals surface area contributed by atoms with Gasteiger partial charge in [-0.15, -0.1) is 12.4 Å². The number of hydrogen-bond donors (Lipinski definition) is 2. The molecule has 0 aromatic heterocycles. The highest BCUT2D eigenvalue weighted by Crippen LogP contribution is 2.37. The van der Waals surface area contributed by atoms with Crippen LogP contribution in [0.1, 0.15) is 87.1 Å². The van der Waals surface area contributed by atoms with Crippen molar-refractivity contribution in [3.63, 3.8) is 0 Å². The van der Waals surface area contributed by atoms with Gasteiger partial charge in [-0.1, -0.05) is 31.4 Å². The number of likely N-dealkylation sites (tertiary alicyclic amines) is 1. The maximum absolute atomic E-state index is 12.9. The van der Waals surface area contributed by atoms with Crippen molar-refractivity contribution in [3.05, 3.63) is 58.1 Å². The third-order valence-electron chi connectivity index (χ3n) is 6.39. The molecule has 0 saturated carbocycles. The minimum absolute atomic E-state index is 0. The molecule has 0 unspecified atom stereocenters. The zero-order valence-corrected chi connectivity index (χ0v) is 19.9. The van der Waals surface area contributed by atoms with Gasteiger partial charge in [-0.25, -0.2) is 4.79 Å². The largest absolute Gasteiger partial charge is 0.507 e. The first kappa shape index (κ1) is 25.7. The van der Waals surface area contributed by atoms with E-state index in [9.17, 15) is 24.6 Å². The third kappa shape index (κ3) is 5.42. The number of phenols is 2. The normalized spacial score (nSPS) is 15.3. The molecule has 1 aliphatic carbocycles. The van der Waals surface area contributed by atoms with Gasteiger partial charge in [-0.2, -0.15) is 0 Å². The van der Waals surface area contributed by atoms with Gasteiger partial charge in [-0.3, -0.25) is 9.59 Å². The molecule has 0 radical (unpaired) electrons. The number of carbonyl (C=O) groups excluding carboxylic acids is 3. The molecule has 2 aromatic carbocycles. The summed E-state index contributed by atoms with van der Waals surface area (Å²) in [4.78, 5) is 40.7. The van der Waals surface area contributed by atoms with Crippen molar-refractivity contribution in [1.82, 2.24) is 4.90 Å². The Morgan fingerprint density at radius 3 is 2.32 bits per heavy atom. The molecule has 0 spiro atoms. The van der Waals surface area contributed by atoms with Crippen molar-refractivity contribution in [2.24, 2.45) is 0 Å². The molecule has 1 saturated heterocycles. The predicted octanol–water partition coefficient (Wildman–Crippen LogP) is 4.50. The second-order valence-corrected chi connectivity index (χ2v) is 8.73. The summed E-state index contributed by atoms with van der Waals surface area (Å²) in [5.74, 6) is -2.64. The number of fused-ring (bicyclic) bond motifs is 2. The van der Waals surface area contributed by atoms with Gasteiger partial charge in [0.2, 0.25) is 5.78 Å². The van der Waals surface area contributed by atoms with Crippen LogP contribution in [-0.2, 0) is 4.74 Å². The van der Waals surface area contributed by atoms with Crippen LogP contribution in [0.4, 0.5) is 0 Å². The number of ether oxygens (including phenoxy) is 1. The van der Waals surface area contributed by atoms with E-state index in [0.717, 1.165) is 38.3 Å². The number of esters is 1. The Bertz CT molecular complexity index is 1080. The topological polar surface area (TPSA) is 104 Å². The fourth-order valence-corrected chi connectivity index (χ4v) is 4.62. The van der Waals surface area contributed by atoms with Gasteiger partial charge in [0.05, 0.1) is 23.3 Å². The SMILES string of the molecule is Cl.O=C(OCCCCCCN1CCCCC1)c1cc(O)c2c(c1)C(=O)c1cccc(O)c1C2=O. The Morgan fingerprint density at radius 2 is 1.56 bits per heavy atom. The molecule has 0 bridgehead atoms. The molecule has 2 N–H and O–H groups in total. The lowest BCUT2D eigenvalue weighted by Gasteiger charge is -2.26. The van der Waals surface area contributed by atoms with Gasteiger partial charge in [0.1, 0.15) is 11.5 Å². The minimum atomic E-state index is -0.653. The second-order valence-electron chi connectivity index (χ2n) is 8.73. The summed E-state index contributed by atoms with van der Waals surface area (Å²) in [5.41, 5.74) is -0.356. The number of rotatable bonds is 8. The number of piperidine rings is 1. The fraction of sp³-hybridized carbons (Fsp3) is 0.423. The summed E-state index contributed by atoms with van der Waals surface area (Å²) < 4.78 is 5.32. The van der Waals surface area contributed by atoms with Crippen LogP contribution in [0.15, 0.2) is 30.3 Å². The maximum Gasteiger partial charge on any atom is 0.338 e. The van der Waals surface area contributed by atoms with Gasteiger partial charge in [0.15, 0.2) is 5.78 Å². The monoisotopic (exact) mass is 487 g/mol. The summed E-state index contributed by atoms with van der Waals surface area (Å²) in [6.07, 6.45) is 7.85. The van der Waals surface area contributed by atoms with Crippen LogP contribution >= 0.6 is 12.4 Å². The zero-order chi connectivity index (χ0) is 23.4. The molecule has 4 rings (SSSR count).